The summed E-state index contributed by atoms with van der Waals surface area (Å²) in [5.41, 5.74) is 4.30. The molecule has 4 atom stereocenters. The minimum Gasteiger partial charge on any atom is -0.274 e. The first kappa shape index (κ1) is 15.3. The molecule has 5 rings (SSSR count). The highest BCUT2D eigenvalue weighted by molar-refractivity contribution is 6.23. The zero-order valence-corrected chi connectivity index (χ0v) is 14.5. The molecule has 1 saturated carbocycles. The third kappa shape index (κ3) is 1.94. The topological polar surface area (TPSA) is 37.4 Å². The molecule has 2 amide bonds. The lowest BCUT2D eigenvalue weighted by molar-refractivity contribution is -0.122. The fraction of sp³-hybridized carbons (Fsp3) is 0.217. The fourth-order valence-electron chi connectivity index (χ4n) is 4.95. The van der Waals surface area contributed by atoms with Gasteiger partial charge in [-0.2, -0.15) is 0 Å². The average molecular weight is 341 g/mol. The Morgan fingerprint density at radius 3 is 1.81 bits per heavy atom. The SMILES string of the molecule is CC(=C1[C@H]2C=C[C@H]1[C@H]1C(=O)N(c3ccccc3)C(=O)[C@@H]12)c1ccccc1. The van der Waals surface area contributed by atoms with Gasteiger partial charge in [-0.15, -0.1) is 0 Å². The van der Waals surface area contributed by atoms with E-state index in [-0.39, 0.29) is 35.5 Å². The summed E-state index contributed by atoms with van der Waals surface area (Å²) < 4.78 is 0. The number of benzene rings is 2. The van der Waals surface area contributed by atoms with Crippen molar-refractivity contribution < 1.29 is 9.59 Å². The Balaban J connectivity index is 1.57. The number of allylic oxidation sites excluding steroid dienone is 4. The summed E-state index contributed by atoms with van der Waals surface area (Å²) in [5, 5.41) is 0. The lowest BCUT2D eigenvalue weighted by Gasteiger charge is -2.20. The van der Waals surface area contributed by atoms with E-state index in [2.05, 4.69) is 31.2 Å². The number of rotatable bonds is 2. The maximum atomic E-state index is 13.1. The Morgan fingerprint density at radius 1 is 0.769 bits per heavy atom. The molecule has 0 unspecified atom stereocenters. The molecule has 128 valence electrons. The number of nitrogens with zero attached hydrogens (tertiary/aromatic N) is 1. The molecule has 0 spiro atoms. The number of carbonyl (C=O) groups excluding carboxylic acids is 2. The van der Waals surface area contributed by atoms with Crippen molar-refractivity contribution in [3.8, 4) is 0 Å². The van der Waals surface area contributed by atoms with E-state index in [1.165, 1.54) is 21.6 Å². The van der Waals surface area contributed by atoms with Gasteiger partial charge < -0.3 is 0 Å². The fourth-order valence-corrected chi connectivity index (χ4v) is 4.95. The largest absolute Gasteiger partial charge is 0.274 e. The van der Waals surface area contributed by atoms with Gasteiger partial charge in [0.05, 0.1) is 17.5 Å². The molecule has 0 aromatic heterocycles. The highest BCUT2D eigenvalue weighted by atomic mass is 16.2. The maximum Gasteiger partial charge on any atom is 0.238 e. The van der Waals surface area contributed by atoms with Gasteiger partial charge in [-0.05, 0) is 30.2 Å². The van der Waals surface area contributed by atoms with Crippen LogP contribution >= 0.6 is 0 Å². The minimum absolute atomic E-state index is 0.0374. The number of imide groups is 1. The van der Waals surface area contributed by atoms with Gasteiger partial charge in [-0.1, -0.05) is 66.3 Å². The van der Waals surface area contributed by atoms with E-state index in [1.54, 1.807) is 0 Å². The second-order valence-corrected chi connectivity index (χ2v) is 7.28. The molecule has 2 aliphatic carbocycles. The predicted octanol–water partition coefficient (Wildman–Crippen LogP) is 4.08. The smallest absolute Gasteiger partial charge is 0.238 e. The summed E-state index contributed by atoms with van der Waals surface area (Å²) in [7, 11) is 0. The summed E-state index contributed by atoms with van der Waals surface area (Å²) in [6.45, 7) is 2.11. The van der Waals surface area contributed by atoms with Crippen LogP contribution in [-0.4, -0.2) is 11.8 Å². The first-order valence-electron chi connectivity index (χ1n) is 9.06. The summed E-state index contributed by atoms with van der Waals surface area (Å²) in [5.74, 6) is -0.550. The van der Waals surface area contributed by atoms with Crippen LogP contribution in [0.3, 0.4) is 0 Å². The molecular weight excluding hydrogens is 322 g/mol. The molecule has 0 N–H and O–H groups in total. The molecule has 0 radical (unpaired) electrons. The van der Waals surface area contributed by atoms with Crippen LogP contribution < -0.4 is 4.90 Å². The molecule has 3 heteroatoms. The van der Waals surface area contributed by atoms with E-state index in [1.807, 2.05) is 48.5 Å². The maximum absolute atomic E-state index is 13.1. The van der Waals surface area contributed by atoms with Crippen LogP contribution in [0.15, 0.2) is 78.4 Å². The van der Waals surface area contributed by atoms with Crippen molar-refractivity contribution >= 4 is 23.1 Å². The Morgan fingerprint density at radius 2 is 1.27 bits per heavy atom. The lowest BCUT2D eigenvalue weighted by Crippen LogP contribution is -2.33. The van der Waals surface area contributed by atoms with Crippen LogP contribution in [0.5, 0.6) is 0 Å². The first-order chi connectivity index (χ1) is 12.7. The summed E-state index contributed by atoms with van der Waals surface area (Å²) in [6, 6.07) is 19.5. The van der Waals surface area contributed by atoms with Crippen LogP contribution in [0, 0.1) is 23.7 Å². The second kappa shape index (κ2) is 5.53. The number of anilines is 1. The van der Waals surface area contributed by atoms with E-state index in [0.717, 1.165) is 0 Å². The predicted molar refractivity (Wildman–Crippen MR) is 101 cm³/mol. The summed E-state index contributed by atoms with van der Waals surface area (Å²) in [4.78, 5) is 27.7. The molecule has 2 aromatic carbocycles. The van der Waals surface area contributed by atoms with E-state index in [4.69, 9.17) is 0 Å². The van der Waals surface area contributed by atoms with Crippen molar-refractivity contribution in [1.82, 2.24) is 0 Å². The molecule has 2 bridgehead atoms. The monoisotopic (exact) mass is 341 g/mol. The van der Waals surface area contributed by atoms with Crippen molar-refractivity contribution in [2.75, 3.05) is 4.90 Å². The second-order valence-electron chi connectivity index (χ2n) is 7.28. The summed E-state index contributed by atoms with van der Waals surface area (Å²) >= 11 is 0. The Bertz CT molecular complexity index is 924. The molecule has 3 nitrogen and oxygen atoms in total. The van der Waals surface area contributed by atoms with E-state index in [9.17, 15) is 9.59 Å². The zero-order chi connectivity index (χ0) is 17.8. The Kier molecular flexibility index (Phi) is 3.26. The van der Waals surface area contributed by atoms with Crippen LogP contribution in [0.25, 0.3) is 5.57 Å². The molecule has 1 heterocycles. The van der Waals surface area contributed by atoms with E-state index < -0.39 is 0 Å². The first-order valence-corrected chi connectivity index (χ1v) is 9.06. The van der Waals surface area contributed by atoms with Crippen molar-refractivity contribution in [3.05, 3.63) is 84.0 Å². The van der Waals surface area contributed by atoms with Crippen LogP contribution in [0.4, 0.5) is 5.69 Å². The standard InChI is InChI=1S/C23H19NO2/c1-14(15-8-4-2-5-9-15)19-17-12-13-18(19)21-20(17)22(25)24(23(21)26)16-10-6-3-7-11-16/h2-13,17-18,20-21H,1H3/t17-,18-,20-,21-/m1/s1. The van der Waals surface area contributed by atoms with Gasteiger partial charge in [-0.25, -0.2) is 4.90 Å². The number of amides is 2. The Labute approximate surface area is 152 Å². The van der Waals surface area contributed by atoms with Gasteiger partial charge in [0.15, 0.2) is 0 Å². The average Bonchev–Trinajstić information content (AvgIpc) is 3.32. The van der Waals surface area contributed by atoms with Crippen molar-refractivity contribution in [2.24, 2.45) is 23.7 Å². The molecular formula is C23H19NO2. The minimum atomic E-state index is -0.258. The van der Waals surface area contributed by atoms with Crippen LogP contribution in [-0.2, 0) is 9.59 Å². The molecule has 1 saturated heterocycles. The third-order valence-electron chi connectivity index (χ3n) is 6.07. The van der Waals surface area contributed by atoms with E-state index >= 15 is 0 Å². The van der Waals surface area contributed by atoms with Gasteiger partial charge in [0.1, 0.15) is 0 Å². The molecule has 2 fully saturated rings. The summed E-state index contributed by atoms with van der Waals surface area (Å²) in [6.07, 6.45) is 4.26. The number of carbonyl (C=O) groups is 2. The Hall–Kier alpha value is -2.94. The quantitative estimate of drug-likeness (QED) is 0.610. The number of para-hydroxylation sites is 1. The molecule has 1 aliphatic heterocycles. The van der Waals surface area contributed by atoms with Crippen molar-refractivity contribution in [2.45, 2.75) is 6.92 Å². The lowest BCUT2D eigenvalue weighted by atomic mass is 9.85. The van der Waals surface area contributed by atoms with Gasteiger partial charge in [0.2, 0.25) is 11.8 Å². The molecule has 3 aliphatic rings. The number of fused-ring (bicyclic) bond motifs is 5. The van der Waals surface area contributed by atoms with Crippen LogP contribution in [0.2, 0.25) is 0 Å². The number of hydrogen-bond donors (Lipinski definition) is 0. The third-order valence-corrected chi connectivity index (χ3v) is 6.07. The molecule has 2 aromatic rings. The highest BCUT2D eigenvalue weighted by Crippen LogP contribution is 2.58. The van der Waals surface area contributed by atoms with E-state index in [0.29, 0.717) is 5.69 Å². The van der Waals surface area contributed by atoms with Gasteiger partial charge in [0, 0.05) is 11.8 Å². The van der Waals surface area contributed by atoms with Crippen LogP contribution in [0.1, 0.15) is 12.5 Å². The highest BCUT2D eigenvalue weighted by Gasteiger charge is 2.62. The van der Waals surface area contributed by atoms with Gasteiger partial charge in [-0.3, -0.25) is 9.59 Å². The van der Waals surface area contributed by atoms with Crippen molar-refractivity contribution in [1.29, 1.82) is 0 Å². The van der Waals surface area contributed by atoms with Crippen molar-refractivity contribution in [3.63, 3.8) is 0 Å². The normalized spacial score (nSPS) is 28.8. The van der Waals surface area contributed by atoms with Gasteiger partial charge in [0.25, 0.3) is 0 Å². The van der Waals surface area contributed by atoms with Gasteiger partial charge >= 0.3 is 0 Å². The zero-order valence-electron chi connectivity index (χ0n) is 14.5. The molecule has 26 heavy (non-hydrogen) atoms. The number of hydrogen-bond acceptors (Lipinski definition) is 2.